The molecule has 0 aliphatic heterocycles. The van der Waals surface area contributed by atoms with E-state index in [1.165, 1.54) is 0 Å². The first-order chi connectivity index (χ1) is 11.6. The summed E-state index contributed by atoms with van der Waals surface area (Å²) >= 11 is 6.08. The first-order valence-electron chi connectivity index (χ1n) is 8.02. The molecule has 0 fully saturated rings. The molecule has 0 atom stereocenters. The van der Waals surface area contributed by atoms with Crippen LogP contribution in [0.15, 0.2) is 43.0 Å². The summed E-state index contributed by atoms with van der Waals surface area (Å²) in [4.78, 5) is 0. The van der Waals surface area contributed by atoms with Gasteiger partial charge in [-0.1, -0.05) is 23.7 Å². The van der Waals surface area contributed by atoms with Crippen molar-refractivity contribution >= 4 is 17.3 Å². The third-order valence-electron chi connectivity index (χ3n) is 3.75. The molecule has 0 unspecified atom stereocenters. The zero-order valence-electron chi connectivity index (χ0n) is 14.5. The van der Waals surface area contributed by atoms with Crippen LogP contribution in [0.5, 0.6) is 11.5 Å². The van der Waals surface area contributed by atoms with E-state index in [-0.39, 0.29) is 0 Å². The normalized spacial score (nSPS) is 10.3. The summed E-state index contributed by atoms with van der Waals surface area (Å²) < 4.78 is 11.3. The first kappa shape index (κ1) is 18.2. The van der Waals surface area contributed by atoms with Crippen molar-refractivity contribution < 1.29 is 9.47 Å². The Balaban J connectivity index is 2.27. The van der Waals surface area contributed by atoms with Gasteiger partial charge in [-0.2, -0.15) is 0 Å². The highest BCUT2D eigenvalue weighted by molar-refractivity contribution is 6.30. The second-order valence-corrected chi connectivity index (χ2v) is 5.96. The highest BCUT2D eigenvalue weighted by atomic mass is 35.5. The van der Waals surface area contributed by atoms with Crippen LogP contribution in [-0.2, 0) is 13.0 Å². The topological polar surface area (TPSA) is 30.5 Å². The smallest absolute Gasteiger partial charge is 0.164 e. The van der Waals surface area contributed by atoms with Crippen molar-refractivity contribution in [2.45, 2.75) is 26.8 Å². The van der Waals surface area contributed by atoms with Crippen LogP contribution >= 0.6 is 11.6 Å². The van der Waals surface area contributed by atoms with Gasteiger partial charge in [0.2, 0.25) is 0 Å². The van der Waals surface area contributed by atoms with Crippen LogP contribution in [0.4, 0.5) is 5.69 Å². The van der Waals surface area contributed by atoms with E-state index in [1.54, 1.807) is 7.11 Å². The zero-order chi connectivity index (χ0) is 17.5. The second kappa shape index (κ2) is 8.65. The summed E-state index contributed by atoms with van der Waals surface area (Å²) in [5, 5.41) is 4.16. The number of anilines is 1. The first-order valence-corrected chi connectivity index (χ1v) is 8.40. The van der Waals surface area contributed by atoms with Gasteiger partial charge in [0.25, 0.3) is 0 Å². The zero-order valence-corrected chi connectivity index (χ0v) is 15.2. The molecule has 0 heterocycles. The Morgan fingerprint density at radius 1 is 1.25 bits per heavy atom. The minimum Gasteiger partial charge on any atom is -0.493 e. The Morgan fingerprint density at radius 3 is 2.71 bits per heavy atom. The van der Waals surface area contributed by atoms with Gasteiger partial charge in [0.05, 0.1) is 13.7 Å². The quantitative estimate of drug-likeness (QED) is 0.650. The van der Waals surface area contributed by atoms with Crippen molar-refractivity contribution in [2.75, 3.05) is 19.0 Å². The minimum atomic E-state index is 0.597. The number of ether oxygens (including phenoxy) is 2. The molecule has 4 heteroatoms. The Bertz CT molecular complexity index is 713. The Labute approximate surface area is 149 Å². The van der Waals surface area contributed by atoms with Crippen molar-refractivity contribution in [1.29, 1.82) is 0 Å². The summed E-state index contributed by atoms with van der Waals surface area (Å²) in [6, 6.07) is 9.97. The summed E-state index contributed by atoms with van der Waals surface area (Å²) in [5.74, 6) is 1.54. The fourth-order valence-electron chi connectivity index (χ4n) is 2.57. The summed E-state index contributed by atoms with van der Waals surface area (Å²) in [5.41, 5.74) is 4.38. The third kappa shape index (κ3) is 4.45. The second-order valence-electron chi connectivity index (χ2n) is 5.52. The lowest BCUT2D eigenvalue weighted by Gasteiger charge is -2.17. The number of hydrogen-bond acceptors (Lipinski definition) is 3. The molecule has 2 rings (SSSR count). The highest BCUT2D eigenvalue weighted by Crippen LogP contribution is 2.34. The van der Waals surface area contributed by atoms with Crippen molar-refractivity contribution in [3.63, 3.8) is 0 Å². The molecule has 24 heavy (non-hydrogen) atoms. The fraction of sp³-hybridized carbons (Fsp3) is 0.300. The van der Waals surface area contributed by atoms with Gasteiger partial charge in [-0.3, -0.25) is 0 Å². The molecule has 3 nitrogen and oxygen atoms in total. The summed E-state index contributed by atoms with van der Waals surface area (Å²) in [6.45, 7) is 9.13. The Morgan fingerprint density at radius 2 is 2.04 bits per heavy atom. The van der Waals surface area contributed by atoms with Gasteiger partial charge in [-0.25, -0.2) is 0 Å². The van der Waals surface area contributed by atoms with Crippen LogP contribution in [0, 0.1) is 6.92 Å². The number of aryl methyl sites for hydroxylation is 1. The average molecular weight is 346 g/mol. The molecule has 0 bridgehead atoms. The number of hydrogen-bond donors (Lipinski definition) is 1. The van der Waals surface area contributed by atoms with Gasteiger partial charge in [0.15, 0.2) is 11.5 Å². The van der Waals surface area contributed by atoms with Crippen molar-refractivity contribution in [3.8, 4) is 11.5 Å². The van der Waals surface area contributed by atoms with E-state index in [0.29, 0.717) is 13.2 Å². The maximum atomic E-state index is 6.08. The molecular weight excluding hydrogens is 322 g/mol. The van der Waals surface area contributed by atoms with Gasteiger partial charge in [0, 0.05) is 22.8 Å². The van der Waals surface area contributed by atoms with Gasteiger partial charge in [-0.15, -0.1) is 6.58 Å². The molecule has 128 valence electrons. The maximum Gasteiger partial charge on any atom is 0.164 e. The van der Waals surface area contributed by atoms with Crippen LogP contribution < -0.4 is 14.8 Å². The number of benzene rings is 2. The fourth-order valence-corrected chi connectivity index (χ4v) is 2.75. The molecule has 2 aromatic carbocycles. The Hall–Kier alpha value is -2.13. The van der Waals surface area contributed by atoms with Crippen LogP contribution in [0.1, 0.15) is 23.6 Å². The predicted octanol–water partition coefficient (Wildman–Crippen LogP) is 5.40. The largest absolute Gasteiger partial charge is 0.493 e. The lowest BCUT2D eigenvalue weighted by Crippen LogP contribution is -2.05. The van der Waals surface area contributed by atoms with E-state index in [4.69, 9.17) is 21.1 Å². The van der Waals surface area contributed by atoms with E-state index in [2.05, 4.69) is 24.9 Å². The molecular formula is C20H24ClNO2. The highest BCUT2D eigenvalue weighted by Gasteiger charge is 2.12. The van der Waals surface area contributed by atoms with Crippen molar-refractivity contribution in [3.05, 3.63) is 64.7 Å². The molecule has 0 radical (unpaired) electrons. The number of rotatable bonds is 8. The molecule has 0 amide bonds. The monoisotopic (exact) mass is 345 g/mol. The van der Waals surface area contributed by atoms with Crippen molar-refractivity contribution in [1.82, 2.24) is 0 Å². The maximum absolute atomic E-state index is 6.08. The number of methoxy groups -OCH3 is 1. The number of allylic oxidation sites excluding steroid dienone is 1. The van der Waals surface area contributed by atoms with E-state index >= 15 is 0 Å². The molecule has 0 spiro atoms. The van der Waals surface area contributed by atoms with Crippen LogP contribution in [-0.4, -0.2) is 13.7 Å². The van der Waals surface area contributed by atoms with Crippen molar-refractivity contribution in [2.24, 2.45) is 0 Å². The van der Waals surface area contributed by atoms with Gasteiger partial charge in [-0.05, 0) is 55.7 Å². The Kier molecular flexibility index (Phi) is 6.56. The summed E-state index contributed by atoms with van der Waals surface area (Å²) in [7, 11) is 1.66. The van der Waals surface area contributed by atoms with Gasteiger partial charge < -0.3 is 14.8 Å². The SMILES string of the molecule is C=CCc1cc(CNc2cc(Cl)ccc2C)cc(OC)c1OCC. The molecule has 0 saturated carbocycles. The van der Waals surface area contributed by atoms with E-state index < -0.39 is 0 Å². The lowest BCUT2D eigenvalue weighted by atomic mass is 10.0. The van der Waals surface area contributed by atoms with Crippen LogP contribution in [0.2, 0.25) is 5.02 Å². The van der Waals surface area contributed by atoms with E-state index in [9.17, 15) is 0 Å². The minimum absolute atomic E-state index is 0.597. The molecule has 2 aromatic rings. The van der Waals surface area contributed by atoms with Crippen LogP contribution in [0.3, 0.4) is 0 Å². The standard InChI is InChI=1S/C20H24ClNO2/c1-5-7-16-10-15(11-19(23-4)20(16)24-6-2)13-22-18-12-17(21)9-8-14(18)3/h5,8-12,22H,1,6-7,13H2,2-4H3. The number of nitrogens with one attached hydrogen (secondary N) is 1. The van der Waals surface area contributed by atoms with Gasteiger partial charge in [0.1, 0.15) is 0 Å². The average Bonchev–Trinajstić information content (AvgIpc) is 2.57. The molecule has 0 aliphatic carbocycles. The van der Waals surface area contributed by atoms with Crippen LogP contribution in [0.25, 0.3) is 0 Å². The lowest BCUT2D eigenvalue weighted by molar-refractivity contribution is 0.308. The molecule has 1 N–H and O–H groups in total. The van der Waals surface area contributed by atoms with E-state index in [1.807, 2.05) is 37.3 Å². The molecule has 0 aromatic heterocycles. The third-order valence-corrected chi connectivity index (χ3v) is 3.98. The predicted molar refractivity (Wildman–Crippen MR) is 102 cm³/mol. The number of halogens is 1. The van der Waals surface area contributed by atoms with Gasteiger partial charge >= 0.3 is 0 Å². The summed E-state index contributed by atoms with van der Waals surface area (Å²) in [6.07, 6.45) is 2.60. The van der Waals surface area contributed by atoms with E-state index in [0.717, 1.165) is 45.3 Å². The molecule has 0 aliphatic rings. The molecule has 0 saturated heterocycles.